The Morgan fingerprint density at radius 1 is 1.04 bits per heavy atom. The fourth-order valence-electron chi connectivity index (χ4n) is 3.62. The van der Waals surface area contributed by atoms with Crippen LogP contribution in [-0.4, -0.2) is 41.1 Å². The molecule has 0 spiro atoms. The zero-order chi connectivity index (χ0) is 19.9. The molecule has 0 aromatic heterocycles. The molecule has 148 valence electrons. The molecule has 0 radical (unpaired) electrons. The van der Waals surface area contributed by atoms with E-state index in [9.17, 15) is 14.7 Å². The lowest BCUT2D eigenvalue weighted by Gasteiger charge is -2.28. The van der Waals surface area contributed by atoms with Crippen LogP contribution in [0, 0.1) is 0 Å². The van der Waals surface area contributed by atoms with Gasteiger partial charge in [-0.3, -0.25) is 14.5 Å². The number of hydrogen-bond donors (Lipinski definition) is 1. The van der Waals surface area contributed by atoms with Crippen LogP contribution in [-0.2, 0) is 27.5 Å². The van der Waals surface area contributed by atoms with E-state index in [0.29, 0.717) is 19.4 Å². The van der Waals surface area contributed by atoms with E-state index in [-0.39, 0.29) is 25.0 Å². The van der Waals surface area contributed by atoms with Gasteiger partial charge in [-0.05, 0) is 36.1 Å². The van der Waals surface area contributed by atoms with E-state index in [2.05, 4.69) is 0 Å². The predicted molar refractivity (Wildman–Crippen MR) is 104 cm³/mol. The number of likely N-dealkylation sites (tertiary alicyclic amines) is 1. The van der Waals surface area contributed by atoms with Gasteiger partial charge in [0.2, 0.25) is 0 Å². The number of benzene rings is 2. The Hall–Kier alpha value is -2.86. The first-order valence-corrected chi connectivity index (χ1v) is 9.38. The van der Waals surface area contributed by atoms with E-state index in [1.165, 1.54) is 0 Å². The van der Waals surface area contributed by atoms with Crippen LogP contribution in [0.5, 0.6) is 5.75 Å². The zero-order valence-corrected chi connectivity index (χ0v) is 15.9. The fourth-order valence-corrected chi connectivity index (χ4v) is 3.62. The van der Waals surface area contributed by atoms with Gasteiger partial charge in [-0.25, -0.2) is 0 Å². The van der Waals surface area contributed by atoms with Gasteiger partial charge in [0.25, 0.3) is 0 Å². The first kappa shape index (κ1) is 19.9. The summed E-state index contributed by atoms with van der Waals surface area (Å²) in [4.78, 5) is 25.9. The third kappa shape index (κ3) is 5.10. The summed E-state index contributed by atoms with van der Waals surface area (Å²) in [6.07, 6.45) is 1.29. The average molecular weight is 383 g/mol. The van der Waals surface area contributed by atoms with Crippen LogP contribution >= 0.6 is 0 Å². The Morgan fingerprint density at radius 2 is 1.75 bits per heavy atom. The van der Waals surface area contributed by atoms with Crippen molar-refractivity contribution in [1.29, 1.82) is 0 Å². The smallest absolute Gasteiger partial charge is 0.323 e. The number of hydrogen-bond acceptors (Lipinski definition) is 5. The van der Waals surface area contributed by atoms with Crippen LogP contribution < -0.4 is 4.74 Å². The molecule has 1 N–H and O–H groups in total. The number of ether oxygens (including phenoxy) is 2. The van der Waals surface area contributed by atoms with Gasteiger partial charge in [0.15, 0.2) is 0 Å². The summed E-state index contributed by atoms with van der Waals surface area (Å²) in [5.74, 6) is -0.411. The first-order chi connectivity index (χ1) is 13.6. The molecular formula is C22H25NO5. The highest BCUT2D eigenvalue weighted by Gasteiger charge is 2.39. The zero-order valence-electron chi connectivity index (χ0n) is 15.9. The highest BCUT2D eigenvalue weighted by atomic mass is 16.5. The molecule has 6 nitrogen and oxygen atoms in total. The van der Waals surface area contributed by atoms with Crippen LogP contribution in [0.4, 0.5) is 0 Å². The van der Waals surface area contributed by atoms with Crippen molar-refractivity contribution in [1.82, 2.24) is 4.90 Å². The molecule has 0 aliphatic carbocycles. The lowest BCUT2D eigenvalue weighted by Crippen LogP contribution is -2.41. The molecule has 0 bridgehead atoms. The topological polar surface area (TPSA) is 76.1 Å². The summed E-state index contributed by atoms with van der Waals surface area (Å²) >= 11 is 0. The van der Waals surface area contributed by atoms with Crippen molar-refractivity contribution in [3.63, 3.8) is 0 Å². The summed E-state index contributed by atoms with van der Waals surface area (Å²) in [6, 6.07) is 16.5. The number of carboxylic acid groups (broad SMARTS) is 1. The normalized spacial score (nSPS) is 19.3. The SMILES string of the molecule is COc1ccc(COC(=O)[C@@H]2CC[C@H](CC(=O)O)N2Cc2ccccc2)cc1. The van der Waals surface area contributed by atoms with Crippen molar-refractivity contribution < 1.29 is 24.2 Å². The Morgan fingerprint density at radius 3 is 2.39 bits per heavy atom. The van der Waals surface area contributed by atoms with E-state index in [4.69, 9.17) is 9.47 Å². The first-order valence-electron chi connectivity index (χ1n) is 9.38. The number of methoxy groups -OCH3 is 1. The number of carbonyl (C=O) groups excluding carboxylic acids is 1. The predicted octanol–water partition coefficient (Wildman–Crippen LogP) is 3.25. The second-order valence-electron chi connectivity index (χ2n) is 6.96. The van der Waals surface area contributed by atoms with E-state index in [1.54, 1.807) is 7.11 Å². The van der Waals surface area contributed by atoms with Gasteiger partial charge in [0.05, 0.1) is 13.5 Å². The average Bonchev–Trinajstić information content (AvgIpc) is 3.09. The molecule has 1 aliphatic rings. The molecule has 1 heterocycles. The van der Waals surface area contributed by atoms with Gasteiger partial charge < -0.3 is 14.6 Å². The summed E-state index contributed by atoms with van der Waals surface area (Å²) < 4.78 is 10.7. The minimum absolute atomic E-state index is 0.0229. The molecule has 3 rings (SSSR count). The third-order valence-electron chi connectivity index (χ3n) is 5.07. The number of carbonyl (C=O) groups is 2. The summed E-state index contributed by atoms with van der Waals surface area (Å²) in [5.41, 5.74) is 1.93. The maximum absolute atomic E-state index is 12.7. The van der Waals surface area contributed by atoms with Gasteiger partial charge >= 0.3 is 11.9 Å². The van der Waals surface area contributed by atoms with E-state index in [0.717, 1.165) is 16.9 Å². The van der Waals surface area contributed by atoms with E-state index < -0.39 is 12.0 Å². The molecule has 0 amide bonds. The van der Waals surface area contributed by atoms with Crippen molar-refractivity contribution in [3.05, 3.63) is 65.7 Å². The van der Waals surface area contributed by atoms with Crippen LogP contribution in [0.1, 0.15) is 30.4 Å². The van der Waals surface area contributed by atoms with Gasteiger partial charge in [-0.15, -0.1) is 0 Å². The molecule has 2 atom stereocenters. The van der Waals surface area contributed by atoms with Crippen molar-refractivity contribution in [3.8, 4) is 5.75 Å². The van der Waals surface area contributed by atoms with Crippen LogP contribution in [0.25, 0.3) is 0 Å². The van der Waals surface area contributed by atoms with Crippen molar-refractivity contribution in [2.24, 2.45) is 0 Å². The maximum atomic E-state index is 12.7. The molecule has 2 aromatic rings. The van der Waals surface area contributed by atoms with Crippen molar-refractivity contribution >= 4 is 11.9 Å². The molecular weight excluding hydrogens is 358 g/mol. The summed E-state index contributed by atoms with van der Waals surface area (Å²) in [7, 11) is 1.60. The minimum atomic E-state index is -0.852. The van der Waals surface area contributed by atoms with Crippen molar-refractivity contribution in [2.45, 2.75) is 44.5 Å². The van der Waals surface area contributed by atoms with E-state index in [1.807, 2.05) is 59.5 Å². The minimum Gasteiger partial charge on any atom is -0.497 e. The Balaban J connectivity index is 1.66. The monoisotopic (exact) mass is 383 g/mol. The molecule has 2 aromatic carbocycles. The molecule has 1 aliphatic heterocycles. The number of esters is 1. The Bertz CT molecular complexity index is 790. The molecule has 0 saturated carbocycles. The number of aliphatic carboxylic acids is 1. The standard InChI is InChI=1S/C22H25NO5/c1-27-19-10-7-17(8-11-19)15-28-22(26)20-12-9-18(13-21(24)25)23(20)14-16-5-3-2-4-6-16/h2-8,10-11,18,20H,9,12-15H2,1H3,(H,24,25)/t18-,20+/m1/s1. The maximum Gasteiger partial charge on any atom is 0.323 e. The Kier molecular flexibility index (Phi) is 6.66. The quantitative estimate of drug-likeness (QED) is 0.705. The second kappa shape index (κ2) is 9.37. The van der Waals surface area contributed by atoms with Gasteiger partial charge in [0.1, 0.15) is 18.4 Å². The highest BCUT2D eigenvalue weighted by Crippen LogP contribution is 2.29. The lowest BCUT2D eigenvalue weighted by molar-refractivity contribution is -0.152. The van der Waals surface area contributed by atoms with Gasteiger partial charge in [-0.1, -0.05) is 42.5 Å². The van der Waals surface area contributed by atoms with Crippen LogP contribution in [0.2, 0.25) is 0 Å². The van der Waals surface area contributed by atoms with Gasteiger partial charge in [0, 0.05) is 12.6 Å². The van der Waals surface area contributed by atoms with E-state index >= 15 is 0 Å². The molecule has 6 heteroatoms. The number of nitrogens with zero attached hydrogens (tertiary/aromatic N) is 1. The number of carboxylic acids is 1. The molecule has 1 fully saturated rings. The fraction of sp³-hybridized carbons (Fsp3) is 0.364. The summed E-state index contributed by atoms with van der Waals surface area (Å²) in [6.45, 7) is 0.711. The van der Waals surface area contributed by atoms with Gasteiger partial charge in [-0.2, -0.15) is 0 Å². The Labute approximate surface area is 164 Å². The molecule has 1 saturated heterocycles. The number of rotatable bonds is 8. The second-order valence-corrected chi connectivity index (χ2v) is 6.96. The highest BCUT2D eigenvalue weighted by molar-refractivity contribution is 5.76. The summed E-state index contributed by atoms with van der Waals surface area (Å²) in [5, 5.41) is 9.22. The molecule has 0 unspecified atom stereocenters. The third-order valence-corrected chi connectivity index (χ3v) is 5.07. The van der Waals surface area contributed by atoms with Crippen molar-refractivity contribution in [2.75, 3.05) is 7.11 Å². The van der Waals surface area contributed by atoms with Crippen LogP contribution in [0.15, 0.2) is 54.6 Å². The largest absolute Gasteiger partial charge is 0.497 e. The lowest BCUT2D eigenvalue weighted by atomic mass is 10.1. The molecule has 28 heavy (non-hydrogen) atoms. The van der Waals surface area contributed by atoms with Crippen LogP contribution in [0.3, 0.4) is 0 Å².